The minimum Gasteiger partial charge on any atom is -0.463 e. The molecule has 164 valence electrons. The Labute approximate surface area is 171 Å². The van der Waals surface area contributed by atoms with Gasteiger partial charge >= 0.3 is 11.9 Å². The molecule has 0 heterocycles. The van der Waals surface area contributed by atoms with E-state index < -0.39 is 12.1 Å². The predicted molar refractivity (Wildman–Crippen MR) is 113 cm³/mol. The maximum Gasteiger partial charge on any atom is 0.333 e. The summed E-state index contributed by atoms with van der Waals surface area (Å²) in [5.74, 6) is -0.870. The summed E-state index contributed by atoms with van der Waals surface area (Å²) < 4.78 is 9.80. The molecule has 0 aliphatic rings. The Morgan fingerprint density at radius 3 is 1.68 bits per heavy atom. The summed E-state index contributed by atoms with van der Waals surface area (Å²) in [5.41, 5.74) is 0.270. The van der Waals surface area contributed by atoms with Crippen LogP contribution < -0.4 is 0 Å². The molecule has 0 aromatic heterocycles. The van der Waals surface area contributed by atoms with E-state index >= 15 is 0 Å². The number of aliphatic hydroxyl groups excluding tert-OH is 1. The molecule has 0 rings (SSSR count). The molecule has 5 nitrogen and oxygen atoms in total. The van der Waals surface area contributed by atoms with Crippen LogP contribution in [0.5, 0.6) is 0 Å². The van der Waals surface area contributed by atoms with Crippen molar-refractivity contribution >= 4 is 11.9 Å². The quantitative estimate of drug-likeness (QED) is 0.177. The van der Waals surface area contributed by atoms with Crippen LogP contribution in [0.25, 0.3) is 0 Å². The average molecular weight is 399 g/mol. The van der Waals surface area contributed by atoms with Crippen LogP contribution >= 0.6 is 0 Å². The van der Waals surface area contributed by atoms with Crippen LogP contribution in [0.1, 0.15) is 104 Å². The summed E-state index contributed by atoms with van der Waals surface area (Å²) in [6, 6.07) is 0. The molecule has 0 aliphatic carbocycles. The Morgan fingerprint density at radius 1 is 0.786 bits per heavy atom. The van der Waals surface area contributed by atoms with Gasteiger partial charge in [-0.2, -0.15) is 0 Å². The fourth-order valence-corrected chi connectivity index (χ4v) is 2.89. The maximum absolute atomic E-state index is 11.6. The smallest absolute Gasteiger partial charge is 0.333 e. The van der Waals surface area contributed by atoms with Gasteiger partial charge in [0.25, 0.3) is 0 Å². The first-order valence-electron chi connectivity index (χ1n) is 11.1. The zero-order valence-electron chi connectivity index (χ0n) is 18.2. The number of esters is 2. The van der Waals surface area contributed by atoms with Crippen molar-refractivity contribution in [1.29, 1.82) is 0 Å². The van der Waals surface area contributed by atoms with Gasteiger partial charge in [-0.25, -0.2) is 4.79 Å². The Balaban J connectivity index is 3.37. The van der Waals surface area contributed by atoms with E-state index in [-0.39, 0.29) is 24.8 Å². The lowest BCUT2D eigenvalue weighted by atomic mass is 10.0. The van der Waals surface area contributed by atoms with Gasteiger partial charge in [-0.1, -0.05) is 90.6 Å². The second-order valence-corrected chi connectivity index (χ2v) is 7.71. The molecule has 1 N–H and O–H groups in total. The molecule has 0 bridgehead atoms. The first-order chi connectivity index (χ1) is 13.5. The number of unbranched alkanes of at least 4 members (excludes halogenated alkanes) is 12. The van der Waals surface area contributed by atoms with Crippen LogP contribution in [0.15, 0.2) is 12.2 Å². The normalized spacial score (nSPS) is 11.8. The molecule has 0 saturated carbocycles. The van der Waals surface area contributed by atoms with Crippen LogP contribution in [0.4, 0.5) is 0 Å². The molecular weight excluding hydrogens is 356 g/mol. The Morgan fingerprint density at radius 2 is 1.21 bits per heavy atom. The number of hydrogen-bond donors (Lipinski definition) is 1. The lowest BCUT2D eigenvalue weighted by Gasteiger charge is -2.12. The second-order valence-electron chi connectivity index (χ2n) is 7.71. The maximum atomic E-state index is 11.6. The van der Waals surface area contributed by atoms with Gasteiger partial charge in [-0.3, -0.25) is 4.79 Å². The van der Waals surface area contributed by atoms with Crippen molar-refractivity contribution in [3.8, 4) is 0 Å². The number of hydrogen-bond acceptors (Lipinski definition) is 5. The zero-order valence-corrected chi connectivity index (χ0v) is 18.2. The van der Waals surface area contributed by atoms with E-state index in [0.717, 1.165) is 19.3 Å². The number of carbonyl (C=O) groups is 2. The van der Waals surface area contributed by atoms with Crippen LogP contribution in [-0.2, 0) is 19.1 Å². The third-order valence-electron chi connectivity index (χ3n) is 4.68. The lowest BCUT2D eigenvalue weighted by molar-refractivity contribution is -0.150. The Hall–Kier alpha value is -1.36. The summed E-state index contributed by atoms with van der Waals surface area (Å²) in [5, 5.41) is 9.63. The van der Waals surface area contributed by atoms with Crippen molar-refractivity contribution in [2.45, 2.75) is 110 Å². The van der Waals surface area contributed by atoms with Crippen molar-refractivity contribution in [3.05, 3.63) is 12.2 Å². The molecule has 0 aliphatic heterocycles. The van der Waals surface area contributed by atoms with Crippen molar-refractivity contribution in [2.24, 2.45) is 0 Å². The van der Waals surface area contributed by atoms with E-state index in [2.05, 4.69) is 13.5 Å². The van der Waals surface area contributed by atoms with Crippen LogP contribution in [0, 0.1) is 0 Å². The summed E-state index contributed by atoms with van der Waals surface area (Å²) >= 11 is 0. The fourth-order valence-electron chi connectivity index (χ4n) is 2.89. The van der Waals surface area contributed by atoms with Gasteiger partial charge in [-0.05, 0) is 13.3 Å². The highest BCUT2D eigenvalue weighted by atomic mass is 16.6. The van der Waals surface area contributed by atoms with Crippen molar-refractivity contribution < 1.29 is 24.2 Å². The standard InChI is InChI=1S/C23H42O5/c1-4-5-6-7-8-9-10-11-12-13-14-15-16-17-22(25)27-18-21(24)19-28-23(26)20(2)3/h21,24H,2,4-19H2,1,3H3. The summed E-state index contributed by atoms with van der Waals surface area (Å²) in [6.45, 7) is 6.89. The average Bonchev–Trinajstić information content (AvgIpc) is 2.67. The monoisotopic (exact) mass is 398 g/mol. The van der Waals surface area contributed by atoms with Crippen molar-refractivity contribution in [2.75, 3.05) is 13.2 Å². The van der Waals surface area contributed by atoms with Gasteiger partial charge in [-0.15, -0.1) is 0 Å². The molecule has 0 fully saturated rings. The summed E-state index contributed by atoms with van der Waals surface area (Å²) in [4.78, 5) is 22.8. The SMILES string of the molecule is C=C(C)C(=O)OCC(O)COC(=O)CCCCCCCCCCCCCCC. The molecule has 0 aromatic rings. The van der Waals surface area contributed by atoms with Crippen LogP contribution in [-0.4, -0.2) is 36.4 Å². The number of aliphatic hydroxyl groups is 1. The molecular formula is C23H42O5. The highest BCUT2D eigenvalue weighted by Gasteiger charge is 2.12. The van der Waals surface area contributed by atoms with E-state index in [9.17, 15) is 14.7 Å². The topological polar surface area (TPSA) is 72.8 Å². The van der Waals surface area contributed by atoms with E-state index in [1.807, 2.05) is 0 Å². The number of rotatable bonds is 19. The molecule has 1 atom stereocenters. The first-order valence-corrected chi connectivity index (χ1v) is 11.1. The molecule has 28 heavy (non-hydrogen) atoms. The number of ether oxygens (including phenoxy) is 2. The summed E-state index contributed by atoms with van der Waals surface area (Å²) in [6.07, 6.45) is 15.8. The van der Waals surface area contributed by atoms with Gasteiger partial charge < -0.3 is 14.6 Å². The zero-order chi connectivity index (χ0) is 21.0. The highest BCUT2D eigenvalue weighted by molar-refractivity contribution is 5.86. The molecule has 5 heteroatoms. The third kappa shape index (κ3) is 18.0. The van der Waals surface area contributed by atoms with E-state index in [4.69, 9.17) is 9.47 Å². The molecule has 0 radical (unpaired) electrons. The molecule has 0 amide bonds. The molecule has 1 unspecified atom stereocenters. The van der Waals surface area contributed by atoms with Crippen molar-refractivity contribution in [3.63, 3.8) is 0 Å². The van der Waals surface area contributed by atoms with Crippen LogP contribution in [0.3, 0.4) is 0 Å². The minimum absolute atomic E-state index is 0.152. The van der Waals surface area contributed by atoms with Gasteiger partial charge in [0, 0.05) is 12.0 Å². The summed E-state index contributed by atoms with van der Waals surface area (Å²) in [7, 11) is 0. The Kier molecular flexibility index (Phi) is 18.1. The minimum atomic E-state index is -1.00. The van der Waals surface area contributed by atoms with E-state index in [0.29, 0.717) is 6.42 Å². The third-order valence-corrected chi connectivity index (χ3v) is 4.68. The second kappa shape index (κ2) is 19.0. The molecule has 0 saturated heterocycles. The van der Waals surface area contributed by atoms with E-state index in [1.54, 1.807) is 0 Å². The first kappa shape index (κ1) is 26.6. The molecule has 0 spiro atoms. The number of carbonyl (C=O) groups excluding carboxylic acids is 2. The molecule has 0 aromatic carbocycles. The van der Waals surface area contributed by atoms with Gasteiger partial charge in [0.15, 0.2) is 0 Å². The van der Waals surface area contributed by atoms with E-state index in [1.165, 1.54) is 71.1 Å². The predicted octanol–water partition coefficient (Wildman–Crippen LogP) is 5.49. The van der Waals surface area contributed by atoms with Crippen molar-refractivity contribution in [1.82, 2.24) is 0 Å². The Bertz CT molecular complexity index is 419. The van der Waals surface area contributed by atoms with Gasteiger partial charge in [0.1, 0.15) is 19.3 Å². The van der Waals surface area contributed by atoms with Gasteiger partial charge in [0.2, 0.25) is 0 Å². The highest BCUT2D eigenvalue weighted by Crippen LogP contribution is 2.13. The lowest BCUT2D eigenvalue weighted by Crippen LogP contribution is -2.25. The fraction of sp³-hybridized carbons (Fsp3) is 0.826. The van der Waals surface area contributed by atoms with Gasteiger partial charge in [0.05, 0.1) is 0 Å². The van der Waals surface area contributed by atoms with Crippen LogP contribution in [0.2, 0.25) is 0 Å². The largest absolute Gasteiger partial charge is 0.463 e.